The van der Waals surface area contributed by atoms with E-state index in [0.29, 0.717) is 17.3 Å². The van der Waals surface area contributed by atoms with E-state index >= 15 is 0 Å². The summed E-state index contributed by atoms with van der Waals surface area (Å²) in [6.07, 6.45) is 0.143. The normalized spacial score (nSPS) is 10.5. The highest BCUT2D eigenvalue weighted by Crippen LogP contribution is 2.23. The Labute approximate surface area is 132 Å². The number of carbonyl (C=O) groups is 1. The van der Waals surface area contributed by atoms with Gasteiger partial charge in [0.1, 0.15) is 5.69 Å². The molecule has 0 radical (unpaired) electrons. The highest BCUT2D eigenvalue weighted by atomic mass is 35.5. The number of nitro benzene ring substituents is 1. The van der Waals surface area contributed by atoms with Gasteiger partial charge in [-0.15, -0.1) is 0 Å². The monoisotopic (exact) mass is 322 g/mol. The highest BCUT2D eigenvalue weighted by Gasteiger charge is 2.15. The smallest absolute Gasteiger partial charge is 0.292 e. The van der Waals surface area contributed by atoms with Gasteiger partial charge in [-0.25, -0.2) is 0 Å². The predicted octanol–water partition coefficient (Wildman–Crippen LogP) is 3.09. The van der Waals surface area contributed by atoms with Gasteiger partial charge in [-0.1, -0.05) is 23.7 Å². The molecule has 0 atom stereocenters. The van der Waals surface area contributed by atoms with Crippen molar-refractivity contribution in [1.82, 2.24) is 9.78 Å². The second-order valence-corrected chi connectivity index (χ2v) is 5.16. The topological polar surface area (TPSA) is 90.1 Å². The predicted molar refractivity (Wildman–Crippen MR) is 83.1 cm³/mol. The van der Waals surface area contributed by atoms with E-state index < -0.39 is 4.92 Å². The number of hydrogen-bond donors (Lipinski definition) is 1. The molecular formula is C14H15ClN4O3. The Morgan fingerprint density at radius 1 is 1.41 bits per heavy atom. The van der Waals surface area contributed by atoms with E-state index in [9.17, 15) is 14.9 Å². The van der Waals surface area contributed by atoms with Crippen LogP contribution in [-0.4, -0.2) is 20.6 Å². The molecule has 0 saturated heterocycles. The zero-order valence-electron chi connectivity index (χ0n) is 12.2. The Balaban J connectivity index is 2.02. The van der Waals surface area contributed by atoms with Crippen LogP contribution in [0.5, 0.6) is 0 Å². The first-order chi connectivity index (χ1) is 10.4. The van der Waals surface area contributed by atoms with Crippen molar-refractivity contribution in [3.63, 3.8) is 0 Å². The van der Waals surface area contributed by atoms with Crippen molar-refractivity contribution in [3.05, 3.63) is 50.8 Å². The van der Waals surface area contributed by atoms with E-state index in [1.165, 1.54) is 12.1 Å². The summed E-state index contributed by atoms with van der Waals surface area (Å²) in [6, 6.07) is 6.02. The van der Waals surface area contributed by atoms with E-state index in [4.69, 9.17) is 11.6 Å². The van der Waals surface area contributed by atoms with E-state index in [2.05, 4.69) is 10.4 Å². The average Bonchev–Trinajstić information content (AvgIpc) is 2.73. The summed E-state index contributed by atoms with van der Waals surface area (Å²) in [7, 11) is 0. The van der Waals surface area contributed by atoms with Crippen LogP contribution in [0.15, 0.2) is 24.3 Å². The fourth-order valence-electron chi connectivity index (χ4n) is 2.05. The molecule has 0 aliphatic carbocycles. The molecule has 0 bridgehead atoms. The van der Waals surface area contributed by atoms with Crippen LogP contribution >= 0.6 is 11.6 Å². The molecule has 0 saturated carbocycles. The summed E-state index contributed by atoms with van der Waals surface area (Å²) in [5.41, 5.74) is 1.55. The number of nitrogens with one attached hydrogen (secondary N) is 1. The first-order valence-corrected chi connectivity index (χ1v) is 7.00. The molecule has 0 aliphatic rings. The number of rotatable bonds is 5. The van der Waals surface area contributed by atoms with Gasteiger partial charge in [0.15, 0.2) is 0 Å². The number of anilines is 1. The number of carbonyl (C=O) groups excluding carboxylic acids is 1. The van der Waals surface area contributed by atoms with Crippen LogP contribution in [0.25, 0.3) is 0 Å². The third kappa shape index (κ3) is 3.43. The van der Waals surface area contributed by atoms with Crippen LogP contribution in [0.1, 0.15) is 17.8 Å². The Morgan fingerprint density at radius 3 is 2.68 bits per heavy atom. The summed E-state index contributed by atoms with van der Waals surface area (Å²) in [6.45, 7) is 3.97. The number of benzene rings is 1. The molecule has 8 heteroatoms. The Bertz CT molecular complexity index is 727. The van der Waals surface area contributed by atoms with Crippen LogP contribution in [0.3, 0.4) is 0 Å². The lowest BCUT2D eigenvalue weighted by molar-refractivity contribution is -0.383. The molecule has 1 N–H and O–H groups in total. The number of nitro groups is 1. The van der Waals surface area contributed by atoms with Crippen LogP contribution in [0, 0.1) is 24.0 Å². The van der Waals surface area contributed by atoms with Crippen molar-refractivity contribution in [2.75, 3.05) is 5.32 Å². The molecular weight excluding hydrogens is 308 g/mol. The molecule has 22 heavy (non-hydrogen) atoms. The summed E-state index contributed by atoms with van der Waals surface area (Å²) < 4.78 is 1.65. The van der Waals surface area contributed by atoms with Crippen molar-refractivity contribution in [1.29, 1.82) is 0 Å². The number of halogens is 1. The minimum Gasteiger partial charge on any atom is -0.320 e. The molecule has 116 valence electrons. The average molecular weight is 323 g/mol. The van der Waals surface area contributed by atoms with Gasteiger partial charge in [0, 0.05) is 12.5 Å². The second kappa shape index (κ2) is 6.57. The first-order valence-electron chi connectivity index (χ1n) is 6.63. The first kappa shape index (κ1) is 16.0. The number of aryl methyl sites for hydroxylation is 2. The molecule has 0 aliphatic heterocycles. The maximum absolute atomic E-state index is 12.0. The summed E-state index contributed by atoms with van der Waals surface area (Å²) >= 11 is 6.04. The number of nitrogens with zero attached hydrogens (tertiary/aromatic N) is 3. The van der Waals surface area contributed by atoms with Gasteiger partial charge < -0.3 is 5.32 Å². The van der Waals surface area contributed by atoms with Crippen molar-refractivity contribution in [2.45, 2.75) is 26.8 Å². The fourth-order valence-corrected chi connectivity index (χ4v) is 2.19. The molecule has 0 unspecified atom stereocenters. The minimum absolute atomic E-state index is 0.134. The third-order valence-corrected chi connectivity index (χ3v) is 3.77. The van der Waals surface area contributed by atoms with Gasteiger partial charge in [-0.3, -0.25) is 19.6 Å². The Morgan fingerprint density at radius 2 is 2.09 bits per heavy atom. The Kier molecular flexibility index (Phi) is 4.77. The van der Waals surface area contributed by atoms with E-state index in [1.54, 1.807) is 23.7 Å². The van der Waals surface area contributed by atoms with Crippen LogP contribution in [0.2, 0.25) is 5.02 Å². The quantitative estimate of drug-likeness (QED) is 0.676. The molecule has 0 spiro atoms. The van der Waals surface area contributed by atoms with E-state index in [1.807, 2.05) is 6.92 Å². The zero-order chi connectivity index (χ0) is 16.3. The third-order valence-electron chi connectivity index (χ3n) is 3.22. The van der Waals surface area contributed by atoms with E-state index in [0.717, 1.165) is 5.69 Å². The van der Waals surface area contributed by atoms with Crippen LogP contribution in [0.4, 0.5) is 11.4 Å². The molecule has 7 nitrogen and oxygen atoms in total. The van der Waals surface area contributed by atoms with Crippen LogP contribution < -0.4 is 5.32 Å². The molecule has 1 amide bonds. The molecule has 1 heterocycles. The fraction of sp³-hybridized carbons (Fsp3) is 0.286. The number of aromatic nitrogens is 2. The number of hydrogen-bond acceptors (Lipinski definition) is 4. The lowest BCUT2D eigenvalue weighted by Crippen LogP contribution is -2.16. The molecule has 1 aromatic heterocycles. The second-order valence-electron chi connectivity index (χ2n) is 4.78. The van der Waals surface area contributed by atoms with Crippen molar-refractivity contribution < 1.29 is 9.72 Å². The molecule has 2 rings (SSSR count). The van der Waals surface area contributed by atoms with Crippen molar-refractivity contribution >= 4 is 28.9 Å². The summed E-state index contributed by atoms with van der Waals surface area (Å²) in [5.74, 6) is -0.321. The maximum Gasteiger partial charge on any atom is 0.292 e. The minimum atomic E-state index is -0.531. The molecule has 2 aromatic rings. The lowest BCUT2D eigenvalue weighted by atomic mass is 10.2. The van der Waals surface area contributed by atoms with Gasteiger partial charge in [-0.05, 0) is 19.9 Å². The largest absolute Gasteiger partial charge is 0.320 e. The van der Waals surface area contributed by atoms with Gasteiger partial charge in [0.25, 0.3) is 5.69 Å². The maximum atomic E-state index is 12.0. The Hall–Kier alpha value is -2.41. The highest BCUT2D eigenvalue weighted by molar-refractivity contribution is 6.31. The number of para-hydroxylation sites is 2. The number of amides is 1. The molecule has 1 aromatic carbocycles. The van der Waals surface area contributed by atoms with Crippen LogP contribution in [-0.2, 0) is 11.3 Å². The van der Waals surface area contributed by atoms with E-state index in [-0.39, 0.29) is 23.7 Å². The van der Waals surface area contributed by atoms with Crippen molar-refractivity contribution in [2.24, 2.45) is 0 Å². The molecule has 0 fully saturated rings. The lowest BCUT2D eigenvalue weighted by Gasteiger charge is -2.07. The van der Waals surface area contributed by atoms with Gasteiger partial charge in [0.2, 0.25) is 5.91 Å². The van der Waals surface area contributed by atoms with Gasteiger partial charge in [0.05, 0.1) is 27.9 Å². The van der Waals surface area contributed by atoms with Gasteiger partial charge in [-0.2, -0.15) is 5.10 Å². The summed E-state index contributed by atoms with van der Waals surface area (Å²) in [4.78, 5) is 22.3. The SMILES string of the molecule is Cc1nn(CCC(=O)Nc2ccccc2[N+](=O)[O-])c(C)c1Cl. The van der Waals surface area contributed by atoms with Crippen molar-refractivity contribution in [3.8, 4) is 0 Å². The zero-order valence-corrected chi connectivity index (χ0v) is 12.9. The van der Waals surface area contributed by atoms with Gasteiger partial charge >= 0.3 is 0 Å². The standard InChI is InChI=1S/C14H15ClN4O3/c1-9-14(15)10(2)18(17-9)8-7-13(20)16-11-5-3-4-6-12(11)19(21)22/h3-6H,7-8H2,1-2H3,(H,16,20). The summed E-state index contributed by atoms with van der Waals surface area (Å²) in [5, 5.41) is 18.3.